The molecule has 2 bridgehead atoms. The molecule has 1 aromatic carbocycles. The van der Waals surface area contributed by atoms with E-state index in [4.69, 9.17) is 21.1 Å². The molecule has 1 saturated heterocycles. The Morgan fingerprint density at radius 3 is 2.50 bits per heavy atom. The molecule has 0 spiro atoms. The molecule has 4 atom stereocenters. The highest BCUT2D eigenvalue weighted by Gasteiger charge is 2.77. The van der Waals surface area contributed by atoms with Gasteiger partial charge in [0, 0.05) is 11.6 Å². The zero-order chi connectivity index (χ0) is 21.3. The number of hydrogen-bond donors (Lipinski definition) is 1. The number of anilines is 1. The number of ether oxygens (including phenoxy) is 2. The molecule has 3 saturated carbocycles. The highest BCUT2D eigenvalue weighted by molar-refractivity contribution is 6.27. The number of hydrogen-bond acceptors (Lipinski definition) is 6. The molecule has 5 aliphatic rings. The quantitative estimate of drug-likeness (QED) is 0.580. The van der Waals surface area contributed by atoms with Crippen LogP contribution in [-0.4, -0.2) is 61.0 Å². The number of esters is 2. The highest BCUT2D eigenvalue weighted by atomic mass is 35.5. The number of para-hydroxylation sites is 1. The van der Waals surface area contributed by atoms with Crippen molar-refractivity contribution in [3.8, 4) is 0 Å². The Bertz CT molecular complexity index is 914. The van der Waals surface area contributed by atoms with Crippen molar-refractivity contribution in [3.05, 3.63) is 29.8 Å². The van der Waals surface area contributed by atoms with Gasteiger partial charge in [-0.25, -0.2) is 4.79 Å². The van der Waals surface area contributed by atoms with E-state index in [2.05, 4.69) is 11.4 Å². The molecule has 2 aliphatic heterocycles. The van der Waals surface area contributed by atoms with E-state index in [1.807, 2.05) is 18.2 Å². The molecule has 1 amide bonds. The first-order valence-corrected chi connectivity index (χ1v) is 10.8. The number of nitrogens with one attached hydrogen (secondary N) is 1. The predicted octanol–water partition coefficient (Wildman–Crippen LogP) is 2.29. The number of alkyl halides is 1. The first-order chi connectivity index (χ1) is 14.4. The van der Waals surface area contributed by atoms with Crippen molar-refractivity contribution < 1.29 is 23.9 Å². The monoisotopic (exact) mass is 432 g/mol. The van der Waals surface area contributed by atoms with Crippen LogP contribution in [0.3, 0.4) is 0 Å². The first-order valence-electron chi connectivity index (χ1n) is 10.3. The van der Waals surface area contributed by atoms with Gasteiger partial charge in [-0.05, 0) is 42.7 Å². The SMILES string of the molecule is COC(=O)[C@H]1CC2c3ccccc3NC2[C@H](C23CC(C(=O)OC)(C2)C3)N1C(=O)CCl. The summed E-state index contributed by atoms with van der Waals surface area (Å²) in [5, 5.41) is 3.62. The number of carbonyl (C=O) groups excluding carboxylic acids is 3. The minimum absolute atomic E-state index is 0.0357. The van der Waals surface area contributed by atoms with Gasteiger partial charge >= 0.3 is 11.9 Å². The van der Waals surface area contributed by atoms with Crippen LogP contribution in [0.2, 0.25) is 0 Å². The molecular weight excluding hydrogens is 408 g/mol. The number of piperidine rings is 1. The van der Waals surface area contributed by atoms with Gasteiger partial charge in [0.25, 0.3) is 0 Å². The van der Waals surface area contributed by atoms with E-state index in [-0.39, 0.29) is 41.2 Å². The van der Waals surface area contributed by atoms with Gasteiger partial charge in [-0.2, -0.15) is 0 Å². The van der Waals surface area contributed by atoms with Crippen molar-refractivity contribution in [1.82, 2.24) is 4.90 Å². The second kappa shape index (κ2) is 6.61. The fourth-order valence-electron chi connectivity index (χ4n) is 6.75. The lowest BCUT2D eigenvalue weighted by atomic mass is 9.32. The van der Waals surface area contributed by atoms with Gasteiger partial charge in [0.15, 0.2) is 0 Å². The van der Waals surface area contributed by atoms with Crippen molar-refractivity contribution in [2.24, 2.45) is 10.8 Å². The molecular formula is C22H25ClN2O5. The number of halogens is 1. The second-order valence-electron chi connectivity index (χ2n) is 9.18. The summed E-state index contributed by atoms with van der Waals surface area (Å²) in [7, 11) is 2.76. The van der Waals surface area contributed by atoms with E-state index >= 15 is 0 Å². The number of fused-ring (bicyclic) bond motifs is 3. The summed E-state index contributed by atoms with van der Waals surface area (Å²) in [6.45, 7) is 0. The average molecular weight is 433 g/mol. The Kier molecular flexibility index (Phi) is 4.33. The number of amides is 1. The largest absolute Gasteiger partial charge is 0.469 e. The smallest absolute Gasteiger partial charge is 0.328 e. The van der Waals surface area contributed by atoms with E-state index in [0.717, 1.165) is 11.3 Å². The van der Waals surface area contributed by atoms with E-state index in [1.54, 1.807) is 4.90 Å². The number of methoxy groups -OCH3 is 2. The third-order valence-corrected chi connectivity index (χ3v) is 7.99. The Morgan fingerprint density at radius 1 is 1.17 bits per heavy atom. The molecule has 3 aliphatic carbocycles. The fraction of sp³-hybridized carbons (Fsp3) is 0.591. The molecule has 8 heteroatoms. The number of likely N-dealkylation sites (tertiary alicyclic amines) is 1. The molecule has 4 fully saturated rings. The molecule has 2 heterocycles. The molecule has 7 nitrogen and oxygen atoms in total. The maximum absolute atomic E-state index is 13.0. The molecule has 2 unspecified atom stereocenters. The third kappa shape index (κ3) is 2.41. The summed E-state index contributed by atoms with van der Waals surface area (Å²) < 4.78 is 10.1. The minimum Gasteiger partial charge on any atom is -0.469 e. The van der Waals surface area contributed by atoms with Crippen LogP contribution in [-0.2, 0) is 23.9 Å². The molecule has 1 N–H and O–H groups in total. The van der Waals surface area contributed by atoms with Crippen LogP contribution in [0.25, 0.3) is 0 Å². The van der Waals surface area contributed by atoms with Crippen molar-refractivity contribution in [3.63, 3.8) is 0 Å². The maximum Gasteiger partial charge on any atom is 0.328 e. The molecule has 0 radical (unpaired) electrons. The minimum atomic E-state index is -0.691. The van der Waals surface area contributed by atoms with Crippen molar-refractivity contribution >= 4 is 35.1 Å². The topological polar surface area (TPSA) is 84.9 Å². The zero-order valence-corrected chi connectivity index (χ0v) is 17.8. The summed E-state index contributed by atoms with van der Waals surface area (Å²) in [6.07, 6.45) is 2.48. The average Bonchev–Trinajstić information content (AvgIpc) is 3.08. The second-order valence-corrected chi connectivity index (χ2v) is 9.45. The van der Waals surface area contributed by atoms with Gasteiger partial charge in [-0.3, -0.25) is 9.59 Å². The van der Waals surface area contributed by atoms with E-state index in [0.29, 0.717) is 25.7 Å². The maximum atomic E-state index is 13.0. The zero-order valence-electron chi connectivity index (χ0n) is 17.0. The van der Waals surface area contributed by atoms with Crippen molar-refractivity contribution in [1.29, 1.82) is 0 Å². The summed E-state index contributed by atoms with van der Waals surface area (Å²) in [5.74, 6) is -0.996. The van der Waals surface area contributed by atoms with E-state index in [1.165, 1.54) is 14.2 Å². The summed E-state index contributed by atoms with van der Waals surface area (Å²) >= 11 is 5.98. The lowest BCUT2D eigenvalue weighted by Gasteiger charge is -2.74. The van der Waals surface area contributed by atoms with Crippen LogP contribution in [0, 0.1) is 10.8 Å². The van der Waals surface area contributed by atoms with Crippen LogP contribution >= 0.6 is 11.6 Å². The van der Waals surface area contributed by atoms with Crippen LogP contribution in [0.1, 0.15) is 37.2 Å². The Hall–Kier alpha value is -2.28. The van der Waals surface area contributed by atoms with Gasteiger partial charge < -0.3 is 19.7 Å². The Balaban J connectivity index is 1.56. The van der Waals surface area contributed by atoms with E-state index < -0.39 is 17.4 Å². The number of nitrogens with zero attached hydrogens (tertiary/aromatic N) is 1. The predicted molar refractivity (Wildman–Crippen MR) is 109 cm³/mol. The fourth-order valence-corrected chi connectivity index (χ4v) is 6.89. The van der Waals surface area contributed by atoms with Gasteiger partial charge in [-0.15, -0.1) is 11.6 Å². The first kappa shape index (κ1) is 19.7. The number of carbonyl (C=O) groups is 3. The van der Waals surface area contributed by atoms with Gasteiger partial charge in [-0.1, -0.05) is 18.2 Å². The van der Waals surface area contributed by atoms with Crippen LogP contribution in [0.15, 0.2) is 24.3 Å². The molecule has 0 aromatic heterocycles. The van der Waals surface area contributed by atoms with Crippen molar-refractivity contribution in [2.45, 2.75) is 49.7 Å². The summed E-state index contributed by atoms with van der Waals surface area (Å²) in [4.78, 5) is 39.7. The molecule has 160 valence electrons. The number of rotatable bonds is 4. The lowest BCUT2D eigenvalue weighted by Crippen LogP contribution is -2.78. The van der Waals surface area contributed by atoms with Crippen LogP contribution < -0.4 is 5.32 Å². The van der Waals surface area contributed by atoms with E-state index in [9.17, 15) is 14.4 Å². The molecule has 6 rings (SSSR count). The highest BCUT2D eigenvalue weighted by Crippen LogP contribution is 2.77. The van der Waals surface area contributed by atoms with Gasteiger partial charge in [0.2, 0.25) is 5.91 Å². The normalized spacial score (nSPS) is 37.6. The number of benzene rings is 1. The lowest BCUT2D eigenvalue weighted by molar-refractivity contribution is -0.254. The standard InChI is InChI=1S/C22H25ClN2O5/c1-29-19(27)15-7-13-12-5-3-4-6-14(12)24-17(13)18(25(15)16(26)8-23)21-9-22(10-21,11-21)20(28)30-2/h3-6,13,15,17-18,24H,7-11H2,1-2H3/t13?,15-,17?,18-,21?,22?/m1/s1. The summed E-state index contributed by atoms with van der Waals surface area (Å²) in [5.41, 5.74) is 1.54. The summed E-state index contributed by atoms with van der Waals surface area (Å²) in [6, 6.07) is 7.11. The van der Waals surface area contributed by atoms with Gasteiger partial charge in [0.1, 0.15) is 11.9 Å². The Labute approximate surface area is 180 Å². The molecule has 1 aromatic rings. The van der Waals surface area contributed by atoms with Gasteiger partial charge in [0.05, 0.1) is 31.7 Å². The van der Waals surface area contributed by atoms with Crippen LogP contribution in [0.5, 0.6) is 0 Å². The third-order valence-electron chi connectivity index (χ3n) is 7.76. The Morgan fingerprint density at radius 2 is 1.87 bits per heavy atom. The van der Waals surface area contributed by atoms with Crippen molar-refractivity contribution in [2.75, 3.05) is 25.4 Å². The van der Waals surface area contributed by atoms with Crippen LogP contribution in [0.4, 0.5) is 5.69 Å². The molecule has 30 heavy (non-hydrogen) atoms.